The number of aryl methyl sites for hydroxylation is 1. The molecule has 120 valence electrons. The van der Waals surface area contributed by atoms with Gasteiger partial charge < -0.3 is 4.74 Å². The summed E-state index contributed by atoms with van der Waals surface area (Å²) in [5, 5.41) is 5.78. The average Bonchev–Trinajstić information content (AvgIpc) is 2.69. The van der Waals surface area contributed by atoms with Gasteiger partial charge in [0.15, 0.2) is 0 Å². The van der Waals surface area contributed by atoms with Crippen molar-refractivity contribution in [1.29, 1.82) is 0 Å². The maximum atomic E-state index is 4.80. The van der Waals surface area contributed by atoms with E-state index in [0.29, 0.717) is 0 Å². The predicted molar refractivity (Wildman–Crippen MR) is 102 cm³/mol. The topological polar surface area (TPSA) is 9.23 Å². The zero-order chi connectivity index (χ0) is 16.2. The van der Waals surface area contributed by atoms with E-state index in [4.69, 9.17) is 4.74 Å². The van der Waals surface area contributed by atoms with Crippen LogP contribution >= 0.6 is 0 Å². The van der Waals surface area contributed by atoms with E-state index in [-0.39, 0.29) is 0 Å². The van der Waals surface area contributed by atoms with Gasteiger partial charge in [-0.05, 0) is 70.2 Å². The fourth-order valence-corrected chi connectivity index (χ4v) is 3.62. The third kappa shape index (κ3) is 2.94. The number of fused-ring (bicyclic) bond motifs is 5. The van der Waals surface area contributed by atoms with E-state index in [2.05, 4.69) is 48.6 Å². The summed E-state index contributed by atoms with van der Waals surface area (Å²) in [6.45, 7) is 0.733. The lowest BCUT2D eigenvalue weighted by Gasteiger charge is -2.13. The summed E-state index contributed by atoms with van der Waals surface area (Å²) < 4.78 is 4.80. The highest BCUT2D eigenvalue weighted by Gasteiger charge is 2.08. The van der Waals surface area contributed by atoms with E-state index in [1.54, 1.807) is 6.26 Å². The van der Waals surface area contributed by atoms with Crippen LogP contribution in [-0.4, -0.2) is 6.61 Å². The van der Waals surface area contributed by atoms with Crippen LogP contribution in [0.2, 0.25) is 0 Å². The minimum atomic E-state index is 0.733. The van der Waals surface area contributed by atoms with Crippen molar-refractivity contribution in [2.24, 2.45) is 0 Å². The normalized spacial score (nSPS) is 16.8. The number of rotatable bonds is 0. The smallest absolute Gasteiger partial charge is 0.106 e. The SMILES string of the molecule is C1=CCOC=C1.C1=CCc2ccc3c4c(ccc3c2=C1)CCCC=4. The second kappa shape index (κ2) is 6.92. The summed E-state index contributed by atoms with van der Waals surface area (Å²) in [4.78, 5) is 0. The van der Waals surface area contributed by atoms with Gasteiger partial charge in [0.1, 0.15) is 6.61 Å². The summed E-state index contributed by atoms with van der Waals surface area (Å²) in [6.07, 6.45) is 21.4. The summed E-state index contributed by atoms with van der Waals surface area (Å²) in [6, 6.07) is 9.28. The summed E-state index contributed by atoms with van der Waals surface area (Å²) in [7, 11) is 0. The maximum Gasteiger partial charge on any atom is 0.106 e. The molecule has 0 aromatic heterocycles. The molecule has 5 rings (SSSR count). The van der Waals surface area contributed by atoms with Gasteiger partial charge in [0, 0.05) is 0 Å². The highest BCUT2D eigenvalue weighted by molar-refractivity contribution is 5.87. The number of benzene rings is 2. The molecule has 0 unspecified atom stereocenters. The van der Waals surface area contributed by atoms with E-state index >= 15 is 0 Å². The highest BCUT2D eigenvalue weighted by Crippen LogP contribution is 2.15. The summed E-state index contributed by atoms with van der Waals surface area (Å²) in [5.41, 5.74) is 2.99. The van der Waals surface area contributed by atoms with E-state index < -0.39 is 0 Å². The molecule has 2 aliphatic carbocycles. The first-order valence-corrected chi connectivity index (χ1v) is 8.77. The Hall–Kier alpha value is -2.54. The van der Waals surface area contributed by atoms with Crippen LogP contribution < -0.4 is 10.4 Å². The number of hydrogen-bond acceptors (Lipinski definition) is 1. The lowest BCUT2D eigenvalue weighted by molar-refractivity contribution is 0.286. The Balaban J connectivity index is 0.000000207. The molecule has 0 saturated heterocycles. The van der Waals surface area contributed by atoms with Crippen molar-refractivity contribution in [3.05, 3.63) is 82.5 Å². The number of hydrogen-bond donors (Lipinski definition) is 0. The minimum Gasteiger partial charge on any atom is -0.497 e. The van der Waals surface area contributed by atoms with Crippen molar-refractivity contribution in [3.8, 4) is 0 Å². The summed E-state index contributed by atoms with van der Waals surface area (Å²) in [5.74, 6) is 0. The second-order valence-corrected chi connectivity index (χ2v) is 6.36. The van der Waals surface area contributed by atoms with Crippen LogP contribution in [0.15, 0.2) is 60.9 Å². The molecule has 0 bridgehead atoms. The molecule has 0 N–H and O–H groups in total. The molecule has 1 heteroatoms. The van der Waals surface area contributed by atoms with Crippen molar-refractivity contribution < 1.29 is 4.74 Å². The molecule has 0 amide bonds. The number of allylic oxidation sites excluding steroid dienone is 4. The molecule has 1 aliphatic heterocycles. The quantitative estimate of drug-likeness (QED) is 0.716. The molecule has 3 aliphatic rings. The van der Waals surface area contributed by atoms with E-state index in [0.717, 1.165) is 13.0 Å². The molecular weight excluding hydrogens is 292 g/mol. The monoisotopic (exact) mass is 314 g/mol. The third-order valence-corrected chi connectivity index (χ3v) is 4.81. The lowest BCUT2D eigenvalue weighted by Crippen LogP contribution is -2.19. The molecule has 0 atom stereocenters. The van der Waals surface area contributed by atoms with Gasteiger partial charge in [0.2, 0.25) is 0 Å². The maximum absolute atomic E-state index is 4.80. The van der Waals surface area contributed by atoms with Crippen LogP contribution in [0.25, 0.3) is 22.9 Å². The van der Waals surface area contributed by atoms with E-state index in [9.17, 15) is 0 Å². The van der Waals surface area contributed by atoms with Gasteiger partial charge in [-0.1, -0.05) is 54.6 Å². The van der Waals surface area contributed by atoms with Crippen LogP contribution in [0.1, 0.15) is 24.0 Å². The third-order valence-electron chi connectivity index (χ3n) is 4.81. The van der Waals surface area contributed by atoms with Crippen molar-refractivity contribution >= 4 is 22.9 Å². The van der Waals surface area contributed by atoms with Crippen LogP contribution in [0, 0.1) is 0 Å². The molecule has 24 heavy (non-hydrogen) atoms. The minimum absolute atomic E-state index is 0.733. The molecule has 0 radical (unpaired) electrons. The van der Waals surface area contributed by atoms with Crippen LogP contribution in [0.3, 0.4) is 0 Å². The molecule has 1 heterocycles. The number of ether oxygens (including phenoxy) is 1. The Morgan fingerprint density at radius 2 is 1.67 bits per heavy atom. The van der Waals surface area contributed by atoms with Crippen LogP contribution in [-0.2, 0) is 17.6 Å². The van der Waals surface area contributed by atoms with Crippen LogP contribution in [0.4, 0.5) is 0 Å². The van der Waals surface area contributed by atoms with Gasteiger partial charge in [0.05, 0.1) is 6.26 Å². The van der Waals surface area contributed by atoms with Gasteiger partial charge in [-0.25, -0.2) is 0 Å². The van der Waals surface area contributed by atoms with Gasteiger partial charge >= 0.3 is 0 Å². The zero-order valence-corrected chi connectivity index (χ0v) is 13.9. The summed E-state index contributed by atoms with van der Waals surface area (Å²) >= 11 is 0. The molecule has 0 saturated carbocycles. The molecule has 1 nitrogen and oxygen atoms in total. The van der Waals surface area contributed by atoms with Crippen molar-refractivity contribution in [1.82, 2.24) is 0 Å². The zero-order valence-electron chi connectivity index (χ0n) is 13.9. The molecule has 0 spiro atoms. The average molecular weight is 314 g/mol. The first-order chi connectivity index (χ1) is 11.9. The van der Waals surface area contributed by atoms with Gasteiger partial charge in [-0.3, -0.25) is 0 Å². The molecule has 0 fully saturated rings. The largest absolute Gasteiger partial charge is 0.497 e. The lowest BCUT2D eigenvalue weighted by atomic mass is 9.91. The second-order valence-electron chi connectivity index (χ2n) is 6.36. The van der Waals surface area contributed by atoms with Crippen LogP contribution in [0.5, 0.6) is 0 Å². The Morgan fingerprint density at radius 1 is 0.792 bits per heavy atom. The predicted octanol–water partition coefficient (Wildman–Crippen LogP) is 3.94. The molecular formula is C23H22O. The fourth-order valence-electron chi connectivity index (χ4n) is 3.62. The van der Waals surface area contributed by atoms with Gasteiger partial charge in [0.25, 0.3) is 0 Å². The Morgan fingerprint density at radius 3 is 2.42 bits per heavy atom. The Labute approximate surface area is 143 Å². The first kappa shape index (κ1) is 15.0. The fraction of sp³-hybridized carbons (Fsp3) is 0.217. The van der Waals surface area contributed by atoms with E-state index in [1.807, 2.05) is 18.2 Å². The van der Waals surface area contributed by atoms with Crippen molar-refractivity contribution in [2.45, 2.75) is 25.7 Å². The Kier molecular flexibility index (Phi) is 4.33. The highest BCUT2D eigenvalue weighted by atomic mass is 16.5. The van der Waals surface area contributed by atoms with Crippen molar-refractivity contribution in [3.63, 3.8) is 0 Å². The van der Waals surface area contributed by atoms with Crippen molar-refractivity contribution in [2.75, 3.05) is 6.61 Å². The first-order valence-electron chi connectivity index (χ1n) is 8.77. The van der Waals surface area contributed by atoms with E-state index in [1.165, 1.54) is 51.6 Å². The molecule has 2 aromatic carbocycles. The van der Waals surface area contributed by atoms with Gasteiger partial charge in [-0.15, -0.1) is 0 Å². The Bertz CT molecular complexity index is 946. The molecule has 2 aromatic rings. The standard InChI is InChI=1S/C18H16.C5H6O/c1-3-7-15-13(5-1)9-11-18-16-8-4-2-6-14(16)10-12-17(15)18;1-2-4-6-5-3-1/h1,3,7-12H,2,4-6H2;1-4H,5H2. The van der Waals surface area contributed by atoms with Gasteiger partial charge in [-0.2, -0.15) is 0 Å².